The van der Waals surface area contributed by atoms with Crippen molar-refractivity contribution in [1.82, 2.24) is 0 Å². The lowest BCUT2D eigenvalue weighted by Gasteiger charge is -2.13. The molecule has 1 N–H and O–H groups in total. The van der Waals surface area contributed by atoms with Crippen LogP contribution in [-0.4, -0.2) is 15.9 Å². The van der Waals surface area contributed by atoms with Crippen molar-refractivity contribution in [1.29, 1.82) is 0 Å². The maximum Gasteiger partial charge on any atom is 0.104 e. The predicted octanol–water partition coefficient (Wildman–Crippen LogP) is 1.64. The first-order valence-corrected chi connectivity index (χ1v) is 3.55. The molecule has 0 rings (SSSR count). The van der Waals surface area contributed by atoms with Crippen molar-refractivity contribution in [2.45, 2.75) is 24.7 Å². The van der Waals surface area contributed by atoms with Crippen molar-refractivity contribution < 1.29 is 5.11 Å². The summed E-state index contributed by atoms with van der Waals surface area (Å²) >= 11 is 9.25. The largest absolute Gasteiger partial charge is 0.380 e. The Morgan fingerprint density at radius 3 is 2.38 bits per heavy atom. The van der Waals surface area contributed by atoms with E-state index in [2.05, 4.69) is 12.6 Å². The van der Waals surface area contributed by atoms with Crippen molar-refractivity contribution in [3.05, 3.63) is 0 Å². The van der Waals surface area contributed by atoms with Gasteiger partial charge >= 0.3 is 0 Å². The van der Waals surface area contributed by atoms with Gasteiger partial charge in [0.1, 0.15) is 4.93 Å². The van der Waals surface area contributed by atoms with Crippen molar-refractivity contribution in [3.8, 4) is 0 Å². The van der Waals surface area contributed by atoms with Crippen molar-refractivity contribution in [2.75, 3.05) is 5.88 Å². The lowest BCUT2D eigenvalue weighted by Crippen LogP contribution is -2.14. The molecule has 0 aromatic heterocycles. The van der Waals surface area contributed by atoms with E-state index in [0.29, 0.717) is 12.3 Å². The van der Waals surface area contributed by atoms with Crippen LogP contribution < -0.4 is 0 Å². The summed E-state index contributed by atoms with van der Waals surface area (Å²) in [6.07, 6.45) is 1.47. The van der Waals surface area contributed by atoms with Crippen LogP contribution >= 0.6 is 24.2 Å². The van der Waals surface area contributed by atoms with Gasteiger partial charge in [-0.1, -0.05) is 0 Å². The Balaban J connectivity index is 3.11. The van der Waals surface area contributed by atoms with E-state index in [1.54, 1.807) is 6.92 Å². The summed E-state index contributed by atoms with van der Waals surface area (Å²) in [6, 6.07) is 0. The number of hydrogen-bond acceptors (Lipinski definition) is 2. The number of alkyl halides is 1. The quantitative estimate of drug-likeness (QED) is 0.360. The molecule has 0 aliphatic heterocycles. The van der Waals surface area contributed by atoms with Gasteiger partial charge in [0, 0.05) is 5.88 Å². The van der Waals surface area contributed by atoms with Gasteiger partial charge in [-0.3, -0.25) is 0 Å². The Labute approximate surface area is 60.5 Å². The fourth-order valence-electron chi connectivity index (χ4n) is 0.402. The number of hydrogen-bond donors (Lipinski definition) is 2. The molecule has 0 bridgehead atoms. The van der Waals surface area contributed by atoms with E-state index in [4.69, 9.17) is 16.7 Å². The van der Waals surface area contributed by atoms with Gasteiger partial charge in [0.25, 0.3) is 0 Å². The van der Waals surface area contributed by atoms with E-state index in [1.807, 2.05) is 0 Å². The van der Waals surface area contributed by atoms with Crippen LogP contribution in [0.4, 0.5) is 0 Å². The topological polar surface area (TPSA) is 20.2 Å². The Bertz CT molecular complexity index is 59.9. The van der Waals surface area contributed by atoms with Crippen molar-refractivity contribution in [3.63, 3.8) is 0 Å². The van der Waals surface area contributed by atoms with Crippen molar-refractivity contribution in [2.24, 2.45) is 0 Å². The Morgan fingerprint density at radius 2 is 2.25 bits per heavy atom. The Hall–Kier alpha value is 0.600. The Morgan fingerprint density at radius 1 is 1.75 bits per heavy atom. The lowest BCUT2D eigenvalue weighted by atomic mass is 10.2. The number of thiol groups is 1. The lowest BCUT2D eigenvalue weighted by molar-refractivity contribution is 0.149. The van der Waals surface area contributed by atoms with Crippen LogP contribution in [0.3, 0.4) is 0 Å². The molecule has 50 valence electrons. The van der Waals surface area contributed by atoms with Gasteiger partial charge in [-0.15, -0.1) is 24.2 Å². The summed E-state index contributed by atoms with van der Waals surface area (Å²) < 4.78 is 0. The second-order valence-corrected chi connectivity index (χ2v) is 3.35. The molecule has 8 heavy (non-hydrogen) atoms. The van der Waals surface area contributed by atoms with Crippen LogP contribution in [0.1, 0.15) is 19.8 Å². The maximum atomic E-state index is 8.95. The fraction of sp³-hybridized carbons (Fsp3) is 1.00. The number of halogens is 1. The summed E-state index contributed by atoms with van der Waals surface area (Å²) in [7, 11) is 0. The first-order chi connectivity index (χ1) is 3.56. The summed E-state index contributed by atoms with van der Waals surface area (Å²) in [5.41, 5.74) is 0. The van der Waals surface area contributed by atoms with E-state index < -0.39 is 4.93 Å². The Kier molecular flexibility index (Phi) is 3.86. The predicted molar refractivity (Wildman–Crippen MR) is 39.6 cm³/mol. The minimum Gasteiger partial charge on any atom is -0.380 e. The zero-order valence-corrected chi connectivity index (χ0v) is 6.54. The molecule has 3 heteroatoms. The zero-order valence-electron chi connectivity index (χ0n) is 4.89. The second-order valence-electron chi connectivity index (χ2n) is 2.01. The van der Waals surface area contributed by atoms with E-state index in [9.17, 15) is 0 Å². The van der Waals surface area contributed by atoms with Crippen LogP contribution in [0, 0.1) is 0 Å². The molecule has 0 saturated heterocycles. The zero-order chi connectivity index (χ0) is 6.62. The number of rotatable bonds is 3. The second kappa shape index (κ2) is 3.59. The van der Waals surface area contributed by atoms with Gasteiger partial charge in [0.2, 0.25) is 0 Å². The minimum absolute atomic E-state index is 0.594. The average Bonchev–Trinajstić information content (AvgIpc) is 1.59. The number of aliphatic hydroxyl groups is 1. The van der Waals surface area contributed by atoms with Crippen LogP contribution in [-0.2, 0) is 0 Å². The molecule has 0 radical (unpaired) electrons. The average molecular weight is 155 g/mol. The highest BCUT2D eigenvalue weighted by atomic mass is 35.5. The van der Waals surface area contributed by atoms with E-state index in [1.165, 1.54) is 0 Å². The molecule has 1 nitrogen and oxygen atoms in total. The van der Waals surface area contributed by atoms with Crippen LogP contribution in [0.2, 0.25) is 0 Å². The third kappa shape index (κ3) is 6.60. The molecule has 0 amide bonds. The summed E-state index contributed by atoms with van der Waals surface area (Å²) in [5.74, 6) is 0.594. The highest BCUT2D eigenvalue weighted by molar-refractivity contribution is 7.81. The van der Waals surface area contributed by atoms with E-state index in [0.717, 1.165) is 6.42 Å². The summed E-state index contributed by atoms with van der Waals surface area (Å²) in [5, 5.41) is 8.95. The monoisotopic (exact) mass is 154 g/mol. The maximum absolute atomic E-state index is 8.95. The minimum atomic E-state index is -0.838. The SMILES string of the molecule is CC(O)(S)CCCCl. The molecule has 0 heterocycles. The summed E-state index contributed by atoms with van der Waals surface area (Å²) in [6.45, 7) is 1.66. The van der Waals surface area contributed by atoms with Gasteiger partial charge in [0.05, 0.1) is 0 Å². The van der Waals surface area contributed by atoms with Crippen LogP contribution in [0.15, 0.2) is 0 Å². The normalized spacial score (nSPS) is 18.0. The third-order valence-electron chi connectivity index (χ3n) is 0.784. The molecule has 0 aromatic rings. The molecular formula is C5H11ClOS. The molecule has 1 unspecified atom stereocenters. The highest BCUT2D eigenvalue weighted by Gasteiger charge is 2.11. The molecule has 0 saturated carbocycles. The third-order valence-corrected chi connectivity index (χ3v) is 1.27. The molecular weight excluding hydrogens is 144 g/mol. The van der Waals surface area contributed by atoms with Gasteiger partial charge in [-0.2, -0.15) is 0 Å². The van der Waals surface area contributed by atoms with Gasteiger partial charge < -0.3 is 5.11 Å². The van der Waals surface area contributed by atoms with Gasteiger partial charge in [0.15, 0.2) is 0 Å². The summed E-state index contributed by atoms with van der Waals surface area (Å²) in [4.78, 5) is -0.838. The highest BCUT2D eigenvalue weighted by Crippen LogP contribution is 2.15. The molecule has 0 fully saturated rings. The standard InChI is InChI=1S/C5H11ClOS/c1-5(7,8)3-2-4-6/h7-8H,2-4H2,1H3. The van der Waals surface area contributed by atoms with Crippen molar-refractivity contribution >= 4 is 24.2 Å². The van der Waals surface area contributed by atoms with Gasteiger partial charge in [-0.05, 0) is 19.8 Å². The van der Waals surface area contributed by atoms with Gasteiger partial charge in [-0.25, -0.2) is 0 Å². The molecule has 0 aliphatic carbocycles. The van der Waals surface area contributed by atoms with Crippen LogP contribution in [0.25, 0.3) is 0 Å². The fourth-order valence-corrected chi connectivity index (χ4v) is 0.693. The molecule has 1 atom stereocenters. The molecule has 0 spiro atoms. The first-order valence-electron chi connectivity index (χ1n) is 2.57. The van der Waals surface area contributed by atoms with E-state index in [-0.39, 0.29) is 0 Å². The smallest absolute Gasteiger partial charge is 0.104 e. The van der Waals surface area contributed by atoms with E-state index >= 15 is 0 Å². The first kappa shape index (κ1) is 8.60. The van der Waals surface area contributed by atoms with Crippen LogP contribution in [0.5, 0.6) is 0 Å². The molecule has 0 aromatic carbocycles. The molecule has 0 aliphatic rings.